The van der Waals surface area contributed by atoms with E-state index in [9.17, 15) is 9.59 Å². The molecular weight excluding hydrogens is 170 g/mol. The first kappa shape index (κ1) is 10.0. The molecule has 1 aliphatic rings. The van der Waals surface area contributed by atoms with Crippen molar-refractivity contribution in [2.24, 2.45) is 5.41 Å². The molecule has 0 spiro atoms. The molecule has 0 saturated heterocycles. The molecule has 1 amide bonds. The van der Waals surface area contributed by atoms with E-state index in [0.29, 0.717) is 6.41 Å². The van der Waals surface area contributed by atoms with Crippen molar-refractivity contribution >= 4 is 12.4 Å². The van der Waals surface area contributed by atoms with Crippen LogP contribution in [-0.4, -0.2) is 23.5 Å². The first-order chi connectivity index (χ1) is 6.08. The number of hydrogen-bond donors (Lipinski definition) is 2. The number of carboxylic acid groups (broad SMARTS) is 1. The lowest BCUT2D eigenvalue weighted by molar-refractivity contribution is -0.139. The Bertz CT molecular complexity index is 211. The van der Waals surface area contributed by atoms with Crippen LogP contribution in [0.25, 0.3) is 0 Å². The van der Waals surface area contributed by atoms with E-state index in [1.54, 1.807) is 0 Å². The third-order valence-corrected chi connectivity index (χ3v) is 2.99. The lowest BCUT2D eigenvalue weighted by Crippen LogP contribution is -2.48. The quantitative estimate of drug-likeness (QED) is 0.621. The summed E-state index contributed by atoms with van der Waals surface area (Å²) >= 11 is 0. The van der Waals surface area contributed by atoms with Crippen molar-refractivity contribution in [1.82, 2.24) is 5.32 Å². The number of carbonyl (C=O) groups is 2. The van der Waals surface area contributed by atoms with Crippen molar-refractivity contribution in [1.29, 1.82) is 0 Å². The van der Waals surface area contributed by atoms with Crippen LogP contribution in [0.4, 0.5) is 0 Å². The van der Waals surface area contributed by atoms with Gasteiger partial charge in [0.1, 0.15) is 0 Å². The highest BCUT2D eigenvalue weighted by Crippen LogP contribution is 2.44. The largest absolute Gasteiger partial charge is 0.481 e. The number of carbonyl (C=O) groups excluding carboxylic acids is 1. The van der Waals surface area contributed by atoms with E-state index in [1.165, 1.54) is 0 Å². The molecule has 0 aliphatic heterocycles. The van der Waals surface area contributed by atoms with Gasteiger partial charge in [-0.05, 0) is 18.3 Å². The van der Waals surface area contributed by atoms with Crippen LogP contribution in [0, 0.1) is 5.41 Å². The first-order valence-corrected chi connectivity index (χ1v) is 4.50. The van der Waals surface area contributed by atoms with Gasteiger partial charge in [0.05, 0.1) is 6.42 Å². The molecule has 0 aromatic heterocycles. The van der Waals surface area contributed by atoms with E-state index in [-0.39, 0.29) is 17.9 Å². The molecule has 4 heteroatoms. The van der Waals surface area contributed by atoms with Crippen LogP contribution in [-0.2, 0) is 9.59 Å². The number of rotatable bonds is 5. The fourth-order valence-electron chi connectivity index (χ4n) is 1.85. The zero-order chi connectivity index (χ0) is 9.90. The van der Waals surface area contributed by atoms with Gasteiger partial charge in [0.25, 0.3) is 0 Å². The fourth-order valence-corrected chi connectivity index (χ4v) is 1.85. The first-order valence-electron chi connectivity index (χ1n) is 4.50. The van der Waals surface area contributed by atoms with Crippen molar-refractivity contribution in [3.63, 3.8) is 0 Å². The molecule has 1 atom stereocenters. The van der Waals surface area contributed by atoms with Crippen LogP contribution in [0.1, 0.15) is 32.6 Å². The van der Waals surface area contributed by atoms with E-state index in [0.717, 1.165) is 19.3 Å². The third kappa shape index (κ3) is 2.20. The lowest BCUT2D eigenvalue weighted by atomic mass is 9.65. The zero-order valence-electron chi connectivity index (χ0n) is 7.75. The monoisotopic (exact) mass is 185 g/mol. The third-order valence-electron chi connectivity index (χ3n) is 2.99. The maximum absolute atomic E-state index is 10.5. The lowest BCUT2D eigenvalue weighted by Gasteiger charge is -2.44. The van der Waals surface area contributed by atoms with Crippen LogP contribution in [0.2, 0.25) is 0 Å². The van der Waals surface area contributed by atoms with E-state index < -0.39 is 5.97 Å². The minimum Gasteiger partial charge on any atom is -0.481 e. The van der Waals surface area contributed by atoms with E-state index in [2.05, 4.69) is 5.32 Å². The molecule has 1 unspecified atom stereocenters. The molecule has 0 aromatic rings. The minimum atomic E-state index is -0.854. The van der Waals surface area contributed by atoms with Crippen LogP contribution < -0.4 is 5.32 Å². The highest BCUT2D eigenvalue weighted by molar-refractivity contribution is 5.68. The van der Waals surface area contributed by atoms with Gasteiger partial charge in [-0.25, -0.2) is 0 Å². The van der Waals surface area contributed by atoms with Gasteiger partial charge in [-0.15, -0.1) is 0 Å². The molecule has 4 nitrogen and oxygen atoms in total. The van der Waals surface area contributed by atoms with Gasteiger partial charge in [0.2, 0.25) is 6.41 Å². The summed E-state index contributed by atoms with van der Waals surface area (Å²) in [6, 6.07) is -0.212. The van der Waals surface area contributed by atoms with Gasteiger partial charge in [-0.3, -0.25) is 9.59 Å². The summed E-state index contributed by atoms with van der Waals surface area (Å²) in [5.41, 5.74) is -0.000694. The summed E-state index contributed by atoms with van der Waals surface area (Å²) < 4.78 is 0. The highest BCUT2D eigenvalue weighted by Gasteiger charge is 2.40. The van der Waals surface area contributed by atoms with E-state index in [4.69, 9.17) is 5.11 Å². The summed E-state index contributed by atoms with van der Waals surface area (Å²) in [6.45, 7) is 2.03. The maximum atomic E-state index is 10.5. The number of amides is 1. The minimum absolute atomic E-state index is 0.000694. The average molecular weight is 185 g/mol. The topological polar surface area (TPSA) is 66.4 Å². The second kappa shape index (κ2) is 3.77. The Labute approximate surface area is 77.3 Å². The standard InChI is InChI=1S/C9H15NO3/c1-9(3-2-4-9)7(10-6-11)5-8(12)13/h6-7H,2-5H2,1H3,(H,10,11)(H,12,13). The van der Waals surface area contributed by atoms with Crippen molar-refractivity contribution < 1.29 is 14.7 Å². The Morgan fingerprint density at radius 1 is 1.69 bits per heavy atom. The predicted molar refractivity (Wildman–Crippen MR) is 47.2 cm³/mol. The van der Waals surface area contributed by atoms with Crippen molar-refractivity contribution in [3.8, 4) is 0 Å². The van der Waals surface area contributed by atoms with Crippen LogP contribution >= 0.6 is 0 Å². The Morgan fingerprint density at radius 2 is 2.31 bits per heavy atom. The van der Waals surface area contributed by atoms with Gasteiger partial charge >= 0.3 is 5.97 Å². The Hall–Kier alpha value is -1.06. The van der Waals surface area contributed by atoms with Crippen LogP contribution in [0.15, 0.2) is 0 Å². The molecular formula is C9H15NO3. The van der Waals surface area contributed by atoms with Gasteiger partial charge in [0, 0.05) is 6.04 Å². The Kier molecular flexibility index (Phi) is 2.90. The molecule has 0 heterocycles. The SMILES string of the molecule is CC1(C(CC(=O)O)NC=O)CCC1. The predicted octanol–water partition coefficient (Wildman–Crippen LogP) is 0.766. The average Bonchev–Trinajstić information content (AvgIpc) is 1.99. The van der Waals surface area contributed by atoms with E-state index in [1.807, 2.05) is 6.92 Å². The normalized spacial score (nSPS) is 21.3. The van der Waals surface area contributed by atoms with Gasteiger partial charge in [-0.1, -0.05) is 13.3 Å². The Morgan fingerprint density at radius 3 is 2.62 bits per heavy atom. The molecule has 1 saturated carbocycles. The van der Waals surface area contributed by atoms with Crippen LogP contribution in [0.5, 0.6) is 0 Å². The number of nitrogens with one attached hydrogen (secondary N) is 1. The number of aliphatic carboxylic acids is 1. The van der Waals surface area contributed by atoms with Crippen molar-refractivity contribution in [3.05, 3.63) is 0 Å². The molecule has 74 valence electrons. The fraction of sp³-hybridized carbons (Fsp3) is 0.778. The molecule has 0 radical (unpaired) electrons. The van der Waals surface area contributed by atoms with E-state index >= 15 is 0 Å². The molecule has 0 aromatic carbocycles. The maximum Gasteiger partial charge on any atom is 0.305 e. The molecule has 1 rings (SSSR count). The molecule has 1 aliphatic carbocycles. The molecule has 13 heavy (non-hydrogen) atoms. The zero-order valence-corrected chi connectivity index (χ0v) is 7.75. The second-order valence-electron chi connectivity index (χ2n) is 3.94. The highest BCUT2D eigenvalue weighted by atomic mass is 16.4. The summed E-state index contributed by atoms with van der Waals surface area (Å²) in [7, 11) is 0. The smallest absolute Gasteiger partial charge is 0.305 e. The van der Waals surface area contributed by atoms with Gasteiger partial charge < -0.3 is 10.4 Å². The Balaban J connectivity index is 2.55. The van der Waals surface area contributed by atoms with Crippen molar-refractivity contribution in [2.75, 3.05) is 0 Å². The van der Waals surface area contributed by atoms with Gasteiger partial charge in [0.15, 0.2) is 0 Å². The van der Waals surface area contributed by atoms with Gasteiger partial charge in [-0.2, -0.15) is 0 Å². The number of hydrogen-bond acceptors (Lipinski definition) is 2. The molecule has 1 fully saturated rings. The molecule has 0 bridgehead atoms. The summed E-state index contributed by atoms with van der Waals surface area (Å²) in [4.78, 5) is 20.8. The van der Waals surface area contributed by atoms with Crippen LogP contribution in [0.3, 0.4) is 0 Å². The van der Waals surface area contributed by atoms with Crippen molar-refractivity contribution in [2.45, 2.75) is 38.6 Å². The molecule has 2 N–H and O–H groups in total. The summed E-state index contributed by atoms with van der Waals surface area (Å²) in [6.07, 6.45) is 3.76. The second-order valence-corrected chi connectivity index (χ2v) is 3.94. The summed E-state index contributed by atoms with van der Waals surface area (Å²) in [5.74, 6) is -0.854. The number of carboxylic acids is 1. The summed E-state index contributed by atoms with van der Waals surface area (Å²) in [5, 5.41) is 11.2.